The average Bonchev–Trinajstić information content (AvgIpc) is 3.00. The monoisotopic (exact) mass is 409 g/mol. The molecule has 0 aliphatic carbocycles. The van der Waals surface area contributed by atoms with Gasteiger partial charge in [0.2, 0.25) is 11.0 Å². The van der Waals surface area contributed by atoms with Crippen LogP contribution < -0.4 is 20.7 Å². The van der Waals surface area contributed by atoms with Crippen LogP contribution in [0.15, 0.2) is 28.6 Å². The zero-order valence-electron chi connectivity index (χ0n) is 15.7. The molecule has 0 aliphatic heterocycles. The lowest BCUT2D eigenvalue weighted by Gasteiger charge is -2.19. The fraction of sp³-hybridized carbons (Fsp3) is 0.412. The zero-order valence-corrected chi connectivity index (χ0v) is 17.3. The fourth-order valence-electron chi connectivity index (χ4n) is 1.91. The summed E-state index contributed by atoms with van der Waals surface area (Å²) in [7, 11) is 0. The van der Waals surface area contributed by atoms with Gasteiger partial charge in [-0.25, -0.2) is 4.79 Å². The highest BCUT2D eigenvalue weighted by Crippen LogP contribution is 2.25. The molecular weight excluding hydrogens is 386 g/mol. The van der Waals surface area contributed by atoms with Gasteiger partial charge in [0.05, 0.1) is 12.4 Å². The Morgan fingerprint density at radius 3 is 2.48 bits per heavy atom. The van der Waals surface area contributed by atoms with Crippen LogP contribution in [-0.4, -0.2) is 40.0 Å². The molecule has 0 fully saturated rings. The number of ether oxygens (including phenoxy) is 1. The molecule has 10 heteroatoms. The van der Waals surface area contributed by atoms with E-state index in [4.69, 9.17) is 4.74 Å². The second-order valence-corrected chi connectivity index (χ2v) is 8.70. The van der Waals surface area contributed by atoms with Gasteiger partial charge in [-0.15, -0.1) is 10.2 Å². The number of hydrogen-bond donors (Lipinski definition) is 3. The molecule has 0 saturated carbocycles. The van der Waals surface area contributed by atoms with Gasteiger partial charge in [-0.3, -0.25) is 10.1 Å². The minimum Gasteiger partial charge on any atom is -0.494 e. The highest BCUT2D eigenvalue weighted by molar-refractivity contribution is 8.01. The first-order valence-electron chi connectivity index (χ1n) is 8.33. The standard InChI is InChI=1S/C17H23N5O3S2/c1-5-25-12-8-6-11(7-9-12)18-13(23)10-26-16-22-21-15(27-16)19-14(24)20-17(2,3)4/h6-9H,5,10H2,1-4H3,(H,18,23)(H2,19,20,21,24). The number of carbonyl (C=O) groups is 2. The van der Waals surface area contributed by atoms with E-state index in [1.165, 1.54) is 23.1 Å². The smallest absolute Gasteiger partial charge is 0.321 e. The topological polar surface area (TPSA) is 105 Å². The number of rotatable bonds is 7. The van der Waals surface area contributed by atoms with Crippen molar-refractivity contribution >= 4 is 45.9 Å². The van der Waals surface area contributed by atoms with Crippen molar-refractivity contribution in [2.45, 2.75) is 37.6 Å². The van der Waals surface area contributed by atoms with E-state index in [1.54, 1.807) is 24.3 Å². The maximum atomic E-state index is 12.1. The molecule has 0 unspecified atom stereocenters. The van der Waals surface area contributed by atoms with Crippen molar-refractivity contribution in [1.29, 1.82) is 0 Å². The Balaban J connectivity index is 1.78. The van der Waals surface area contributed by atoms with Crippen LogP contribution in [0.25, 0.3) is 0 Å². The first kappa shape index (κ1) is 21.0. The molecule has 1 aromatic carbocycles. The number of benzene rings is 1. The molecule has 0 atom stereocenters. The summed E-state index contributed by atoms with van der Waals surface area (Å²) in [6, 6.07) is 6.83. The van der Waals surface area contributed by atoms with Gasteiger partial charge >= 0.3 is 6.03 Å². The van der Waals surface area contributed by atoms with Crippen LogP contribution in [0.3, 0.4) is 0 Å². The summed E-state index contributed by atoms with van der Waals surface area (Å²) in [5.41, 5.74) is 0.355. The summed E-state index contributed by atoms with van der Waals surface area (Å²) in [4.78, 5) is 23.9. The SMILES string of the molecule is CCOc1ccc(NC(=O)CSc2nnc(NC(=O)NC(C)(C)C)s2)cc1. The molecule has 3 amide bonds. The lowest BCUT2D eigenvalue weighted by Crippen LogP contribution is -2.43. The molecule has 2 aromatic rings. The second kappa shape index (κ2) is 9.56. The van der Waals surface area contributed by atoms with Gasteiger partial charge in [-0.2, -0.15) is 0 Å². The van der Waals surface area contributed by atoms with E-state index in [2.05, 4.69) is 26.1 Å². The van der Waals surface area contributed by atoms with Crippen LogP contribution in [0.2, 0.25) is 0 Å². The van der Waals surface area contributed by atoms with Crippen molar-refractivity contribution < 1.29 is 14.3 Å². The summed E-state index contributed by atoms with van der Waals surface area (Å²) >= 11 is 2.47. The van der Waals surface area contributed by atoms with E-state index >= 15 is 0 Å². The minimum atomic E-state index is -0.344. The Bertz CT molecular complexity index is 772. The minimum absolute atomic E-state index is 0.153. The molecule has 27 heavy (non-hydrogen) atoms. The van der Waals surface area contributed by atoms with Crippen molar-refractivity contribution in [1.82, 2.24) is 15.5 Å². The molecule has 2 rings (SSSR count). The van der Waals surface area contributed by atoms with E-state index in [1.807, 2.05) is 27.7 Å². The van der Waals surface area contributed by atoms with Crippen LogP contribution >= 0.6 is 23.1 Å². The summed E-state index contributed by atoms with van der Waals surface area (Å²) in [5.74, 6) is 0.796. The van der Waals surface area contributed by atoms with Crippen LogP contribution in [0, 0.1) is 0 Å². The number of nitrogens with one attached hydrogen (secondary N) is 3. The van der Waals surface area contributed by atoms with Gasteiger partial charge in [0.1, 0.15) is 5.75 Å². The molecule has 0 radical (unpaired) electrons. The molecule has 1 aromatic heterocycles. The summed E-state index contributed by atoms with van der Waals surface area (Å²) in [6.45, 7) is 8.17. The number of nitrogens with zero attached hydrogens (tertiary/aromatic N) is 2. The van der Waals surface area contributed by atoms with E-state index in [0.717, 1.165) is 5.75 Å². The van der Waals surface area contributed by atoms with E-state index in [9.17, 15) is 9.59 Å². The van der Waals surface area contributed by atoms with Gasteiger partial charge < -0.3 is 15.4 Å². The number of carbonyl (C=O) groups excluding carboxylic acids is 2. The van der Waals surface area contributed by atoms with Gasteiger partial charge in [0, 0.05) is 11.2 Å². The number of amides is 3. The van der Waals surface area contributed by atoms with Gasteiger partial charge in [0.25, 0.3) is 0 Å². The van der Waals surface area contributed by atoms with Crippen LogP contribution in [-0.2, 0) is 4.79 Å². The van der Waals surface area contributed by atoms with Gasteiger partial charge in [0.15, 0.2) is 4.34 Å². The van der Waals surface area contributed by atoms with Gasteiger partial charge in [-0.05, 0) is 52.0 Å². The van der Waals surface area contributed by atoms with Crippen molar-refractivity contribution in [2.24, 2.45) is 0 Å². The van der Waals surface area contributed by atoms with Gasteiger partial charge in [-0.1, -0.05) is 23.1 Å². The number of thioether (sulfide) groups is 1. The highest BCUT2D eigenvalue weighted by Gasteiger charge is 2.15. The van der Waals surface area contributed by atoms with E-state index in [0.29, 0.717) is 21.8 Å². The predicted octanol–water partition coefficient (Wildman–Crippen LogP) is 3.59. The zero-order chi connectivity index (χ0) is 19.9. The maximum absolute atomic E-state index is 12.1. The van der Waals surface area contributed by atoms with Crippen molar-refractivity contribution in [2.75, 3.05) is 23.0 Å². The largest absolute Gasteiger partial charge is 0.494 e. The molecule has 1 heterocycles. The highest BCUT2D eigenvalue weighted by atomic mass is 32.2. The number of aromatic nitrogens is 2. The Hall–Kier alpha value is -2.33. The second-order valence-electron chi connectivity index (χ2n) is 6.50. The van der Waals surface area contributed by atoms with Crippen LogP contribution in [0.4, 0.5) is 15.6 Å². The first-order chi connectivity index (χ1) is 12.7. The summed E-state index contributed by atoms with van der Waals surface area (Å²) in [5, 5.41) is 16.5. The third kappa shape index (κ3) is 7.83. The molecule has 3 N–H and O–H groups in total. The number of hydrogen-bond acceptors (Lipinski definition) is 7. The first-order valence-corrected chi connectivity index (χ1v) is 10.1. The Kier molecular flexibility index (Phi) is 7.43. The quantitative estimate of drug-likeness (QED) is 0.477. The third-order valence-electron chi connectivity index (χ3n) is 2.89. The van der Waals surface area contributed by atoms with Crippen molar-refractivity contribution in [3.8, 4) is 5.75 Å². The molecule has 0 bridgehead atoms. The average molecular weight is 410 g/mol. The fourth-order valence-corrected chi connectivity index (χ4v) is 3.46. The molecule has 8 nitrogen and oxygen atoms in total. The molecule has 146 valence electrons. The summed E-state index contributed by atoms with van der Waals surface area (Å²) in [6.07, 6.45) is 0. The van der Waals surface area contributed by atoms with Crippen LogP contribution in [0.1, 0.15) is 27.7 Å². The lowest BCUT2D eigenvalue weighted by molar-refractivity contribution is -0.113. The van der Waals surface area contributed by atoms with Crippen molar-refractivity contribution in [3.63, 3.8) is 0 Å². The third-order valence-corrected chi connectivity index (χ3v) is 4.86. The normalized spacial score (nSPS) is 11.0. The van der Waals surface area contributed by atoms with Crippen LogP contribution in [0.5, 0.6) is 5.75 Å². The number of urea groups is 1. The molecular formula is C17H23N5O3S2. The van der Waals surface area contributed by atoms with E-state index in [-0.39, 0.29) is 23.2 Å². The molecule has 0 aliphatic rings. The van der Waals surface area contributed by atoms with Crippen molar-refractivity contribution in [3.05, 3.63) is 24.3 Å². The molecule has 0 spiro atoms. The summed E-state index contributed by atoms with van der Waals surface area (Å²) < 4.78 is 5.96. The maximum Gasteiger partial charge on any atom is 0.321 e. The Morgan fingerprint density at radius 2 is 1.85 bits per heavy atom. The lowest BCUT2D eigenvalue weighted by atomic mass is 10.1. The predicted molar refractivity (Wildman–Crippen MR) is 109 cm³/mol. The Morgan fingerprint density at radius 1 is 1.15 bits per heavy atom. The molecule has 0 saturated heterocycles. The number of anilines is 2. The van der Waals surface area contributed by atoms with E-state index < -0.39 is 0 Å². The Labute approximate surface area is 166 Å².